The van der Waals surface area contributed by atoms with E-state index in [2.05, 4.69) is 0 Å². The molecule has 2 aromatic carbocycles. The van der Waals surface area contributed by atoms with Crippen molar-refractivity contribution in [1.82, 2.24) is 0 Å². The molecular weight excluding hydrogens is 249 g/mol. The standard InChI is InChI=1S/C15H15ClFN/c1-10-5-7-11(8-6-10)15(18)9-12-13(16)3-2-4-14(12)17/h2-8,15H,9,18H2,1H3. The minimum absolute atomic E-state index is 0.250. The highest BCUT2D eigenvalue weighted by Gasteiger charge is 2.13. The third-order valence-electron chi connectivity index (χ3n) is 2.99. The Bertz CT molecular complexity index is 516. The summed E-state index contributed by atoms with van der Waals surface area (Å²) < 4.78 is 13.7. The summed E-state index contributed by atoms with van der Waals surface area (Å²) in [5.41, 5.74) is 8.73. The van der Waals surface area contributed by atoms with Crippen LogP contribution in [0.15, 0.2) is 42.5 Å². The Kier molecular flexibility index (Phi) is 4.00. The van der Waals surface area contributed by atoms with Crippen LogP contribution in [0.5, 0.6) is 0 Å². The summed E-state index contributed by atoms with van der Waals surface area (Å²) in [4.78, 5) is 0. The molecule has 0 spiro atoms. The monoisotopic (exact) mass is 263 g/mol. The average molecular weight is 264 g/mol. The summed E-state index contributed by atoms with van der Waals surface area (Å²) in [6.07, 6.45) is 0.397. The number of aryl methyl sites for hydroxylation is 1. The number of rotatable bonds is 3. The Morgan fingerprint density at radius 3 is 2.44 bits per heavy atom. The summed E-state index contributed by atoms with van der Waals surface area (Å²) in [6, 6.07) is 12.4. The molecule has 1 atom stereocenters. The fourth-order valence-electron chi connectivity index (χ4n) is 1.88. The molecule has 2 aromatic rings. The first-order valence-electron chi connectivity index (χ1n) is 5.83. The van der Waals surface area contributed by atoms with Crippen LogP contribution in [0.4, 0.5) is 4.39 Å². The highest BCUT2D eigenvalue weighted by atomic mass is 35.5. The Morgan fingerprint density at radius 2 is 1.83 bits per heavy atom. The quantitative estimate of drug-likeness (QED) is 0.889. The molecule has 1 unspecified atom stereocenters. The fraction of sp³-hybridized carbons (Fsp3) is 0.200. The molecule has 0 amide bonds. The van der Waals surface area contributed by atoms with Gasteiger partial charge in [0, 0.05) is 16.6 Å². The van der Waals surface area contributed by atoms with Crippen molar-refractivity contribution in [3.05, 3.63) is 70.0 Å². The highest BCUT2D eigenvalue weighted by molar-refractivity contribution is 6.31. The van der Waals surface area contributed by atoms with E-state index in [-0.39, 0.29) is 11.9 Å². The lowest BCUT2D eigenvalue weighted by atomic mass is 9.98. The summed E-state index contributed by atoms with van der Waals surface area (Å²) in [5.74, 6) is -0.301. The van der Waals surface area contributed by atoms with E-state index in [9.17, 15) is 4.39 Å². The number of benzene rings is 2. The van der Waals surface area contributed by atoms with Gasteiger partial charge in [-0.05, 0) is 31.0 Å². The molecule has 2 rings (SSSR count). The third kappa shape index (κ3) is 2.89. The normalized spacial score (nSPS) is 12.4. The third-order valence-corrected chi connectivity index (χ3v) is 3.35. The Labute approximate surface area is 111 Å². The molecule has 18 heavy (non-hydrogen) atoms. The zero-order chi connectivity index (χ0) is 13.1. The van der Waals surface area contributed by atoms with Crippen LogP contribution in [0.3, 0.4) is 0 Å². The summed E-state index contributed by atoms with van der Waals surface area (Å²) >= 11 is 5.99. The predicted octanol–water partition coefficient (Wildman–Crippen LogP) is 4.03. The van der Waals surface area contributed by atoms with Crippen LogP contribution in [0, 0.1) is 12.7 Å². The molecule has 0 aliphatic rings. The van der Waals surface area contributed by atoms with Crippen molar-refractivity contribution in [2.45, 2.75) is 19.4 Å². The van der Waals surface area contributed by atoms with Gasteiger partial charge in [0.05, 0.1) is 0 Å². The average Bonchev–Trinajstić information content (AvgIpc) is 2.34. The van der Waals surface area contributed by atoms with Crippen LogP contribution in [0.1, 0.15) is 22.7 Å². The molecule has 0 bridgehead atoms. The maximum Gasteiger partial charge on any atom is 0.127 e. The first kappa shape index (κ1) is 13.1. The first-order chi connectivity index (χ1) is 8.58. The van der Waals surface area contributed by atoms with E-state index in [0.29, 0.717) is 17.0 Å². The molecule has 0 saturated heterocycles. The van der Waals surface area contributed by atoms with Crippen LogP contribution in [0.2, 0.25) is 5.02 Å². The fourth-order valence-corrected chi connectivity index (χ4v) is 2.12. The van der Waals surface area contributed by atoms with Gasteiger partial charge >= 0.3 is 0 Å². The van der Waals surface area contributed by atoms with E-state index in [1.807, 2.05) is 31.2 Å². The second-order valence-electron chi connectivity index (χ2n) is 4.42. The molecule has 2 N–H and O–H groups in total. The van der Waals surface area contributed by atoms with Gasteiger partial charge in [0.25, 0.3) is 0 Å². The van der Waals surface area contributed by atoms with E-state index in [4.69, 9.17) is 17.3 Å². The van der Waals surface area contributed by atoms with Crippen molar-refractivity contribution in [3.8, 4) is 0 Å². The minimum atomic E-state index is -0.301. The van der Waals surface area contributed by atoms with Crippen LogP contribution >= 0.6 is 11.6 Å². The summed E-state index contributed by atoms with van der Waals surface area (Å²) in [5, 5.41) is 0.428. The van der Waals surface area contributed by atoms with Gasteiger partial charge in [-0.3, -0.25) is 0 Å². The largest absolute Gasteiger partial charge is 0.324 e. The molecule has 0 heterocycles. The molecule has 94 valence electrons. The van der Waals surface area contributed by atoms with Crippen LogP contribution in [-0.4, -0.2) is 0 Å². The highest BCUT2D eigenvalue weighted by Crippen LogP contribution is 2.24. The molecule has 0 aromatic heterocycles. The molecule has 0 fully saturated rings. The van der Waals surface area contributed by atoms with Crippen LogP contribution < -0.4 is 5.73 Å². The maximum atomic E-state index is 13.7. The van der Waals surface area contributed by atoms with Gasteiger partial charge in [0.2, 0.25) is 0 Å². The van der Waals surface area contributed by atoms with Gasteiger partial charge in [0.1, 0.15) is 5.82 Å². The van der Waals surface area contributed by atoms with Crippen molar-refractivity contribution >= 4 is 11.6 Å². The van der Waals surface area contributed by atoms with Crippen LogP contribution in [0.25, 0.3) is 0 Å². The Hall–Kier alpha value is -1.38. The summed E-state index contributed by atoms with van der Waals surface area (Å²) in [6.45, 7) is 2.02. The predicted molar refractivity (Wildman–Crippen MR) is 73.2 cm³/mol. The van der Waals surface area contributed by atoms with Crippen molar-refractivity contribution < 1.29 is 4.39 Å². The molecule has 0 aliphatic carbocycles. The Balaban J connectivity index is 2.21. The molecule has 0 saturated carbocycles. The second kappa shape index (κ2) is 5.51. The lowest BCUT2D eigenvalue weighted by Gasteiger charge is -2.14. The number of nitrogens with two attached hydrogens (primary N) is 1. The topological polar surface area (TPSA) is 26.0 Å². The number of hydrogen-bond acceptors (Lipinski definition) is 1. The van der Waals surface area contributed by atoms with Crippen LogP contribution in [-0.2, 0) is 6.42 Å². The van der Waals surface area contributed by atoms with Crippen molar-refractivity contribution in [3.63, 3.8) is 0 Å². The van der Waals surface area contributed by atoms with Crippen molar-refractivity contribution in [2.24, 2.45) is 5.73 Å². The maximum absolute atomic E-state index is 13.7. The van der Waals surface area contributed by atoms with E-state index >= 15 is 0 Å². The molecule has 0 aliphatic heterocycles. The van der Waals surface area contributed by atoms with E-state index < -0.39 is 0 Å². The Morgan fingerprint density at radius 1 is 1.17 bits per heavy atom. The lowest BCUT2D eigenvalue weighted by Crippen LogP contribution is -2.14. The smallest absolute Gasteiger partial charge is 0.127 e. The van der Waals surface area contributed by atoms with Crippen molar-refractivity contribution in [1.29, 1.82) is 0 Å². The molecule has 3 heteroatoms. The van der Waals surface area contributed by atoms with E-state index in [1.54, 1.807) is 12.1 Å². The van der Waals surface area contributed by atoms with Gasteiger partial charge in [0.15, 0.2) is 0 Å². The van der Waals surface area contributed by atoms with Gasteiger partial charge < -0.3 is 5.73 Å². The lowest BCUT2D eigenvalue weighted by molar-refractivity contribution is 0.593. The first-order valence-corrected chi connectivity index (χ1v) is 6.21. The van der Waals surface area contributed by atoms with Gasteiger partial charge in [-0.2, -0.15) is 0 Å². The van der Waals surface area contributed by atoms with Gasteiger partial charge in [-0.15, -0.1) is 0 Å². The van der Waals surface area contributed by atoms with Crippen molar-refractivity contribution in [2.75, 3.05) is 0 Å². The zero-order valence-electron chi connectivity index (χ0n) is 10.2. The minimum Gasteiger partial charge on any atom is -0.324 e. The van der Waals surface area contributed by atoms with E-state index in [0.717, 1.165) is 5.56 Å². The SMILES string of the molecule is Cc1ccc(C(N)Cc2c(F)cccc2Cl)cc1. The number of halogens is 2. The zero-order valence-corrected chi connectivity index (χ0v) is 10.9. The molecule has 0 radical (unpaired) electrons. The van der Waals surface area contributed by atoms with E-state index in [1.165, 1.54) is 11.6 Å². The van der Waals surface area contributed by atoms with Gasteiger partial charge in [-0.1, -0.05) is 47.5 Å². The summed E-state index contributed by atoms with van der Waals surface area (Å²) in [7, 11) is 0. The second-order valence-corrected chi connectivity index (χ2v) is 4.83. The molecular formula is C15H15ClFN. The molecule has 1 nitrogen and oxygen atoms in total. The number of hydrogen-bond donors (Lipinski definition) is 1. The van der Waals surface area contributed by atoms with Gasteiger partial charge in [-0.25, -0.2) is 4.39 Å².